The lowest BCUT2D eigenvalue weighted by Gasteiger charge is -2.10. The lowest BCUT2D eigenvalue weighted by atomic mass is 9.98. The highest BCUT2D eigenvalue weighted by Gasteiger charge is 2.19. The molecule has 0 heterocycles. The van der Waals surface area contributed by atoms with E-state index in [0.29, 0.717) is 18.0 Å². The van der Waals surface area contributed by atoms with E-state index in [-0.39, 0.29) is 29.4 Å². The van der Waals surface area contributed by atoms with E-state index < -0.39 is 5.97 Å². The van der Waals surface area contributed by atoms with Gasteiger partial charge in [0.25, 0.3) is 5.91 Å². The smallest absolute Gasteiger partial charge is 0.339 e. The number of hydrogen-bond donors (Lipinski definition) is 1. The van der Waals surface area contributed by atoms with Crippen LogP contribution in [0.4, 0.5) is 0 Å². The summed E-state index contributed by atoms with van der Waals surface area (Å²) in [5.41, 5.74) is 1.94. The number of ether oxygens (including phenoxy) is 1. The van der Waals surface area contributed by atoms with E-state index in [0.717, 1.165) is 12.0 Å². The molecule has 0 bridgehead atoms. The number of carbonyl (C=O) groups is 3. The van der Waals surface area contributed by atoms with Gasteiger partial charge in [-0.2, -0.15) is 0 Å². The van der Waals surface area contributed by atoms with Gasteiger partial charge in [-0.05, 0) is 25.3 Å². The minimum Gasteiger partial charge on any atom is -0.452 e. The monoisotopic (exact) mass is 367 g/mol. The first-order chi connectivity index (χ1) is 12.9. The summed E-state index contributed by atoms with van der Waals surface area (Å²) in [4.78, 5) is 36.9. The molecular formula is C22H25NO4. The van der Waals surface area contributed by atoms with Gasteiger partial charge in [0.15, 0.2) is 12.4 Å². The van der Waals surface area contributed by atoms with Crippen LogP contribution in [0.5, 0.6) is 0 Å². The second-order valence-electron chi connectivity index (χ2n) is 6.85. The molecule has 0 aromatic heterocycles. The van der Waals surface area contributed by atoms with E-state index >= 15 is 0 Å². The Morgan fingerprint density at radius 3 is 2.22 bits per heavy atom. The number of benzene rings is 2. The molecule has 0 spiro atoms. The highest BCUT2D eigenvalue weighted by molar-refractivity contribution is 6.14. The maximum Gasteiger partial charge on any atom is 0.339 e. The van der Waals surface area contributed by atoms with E-state index in [2.05, 4.69) is 19.2 Å². The van der Waals surface area contributed by atoms with Gasteiger partial charge >= 0.3 is 5.97 Å². The third-order valence-electron chi connectivity index (χ3n) is 4.08. The van der Waals surface area contributed by atoms with Crippen LogP contribution in [0, 0.1) is 12.8 Å². The Morgan fingerprint density at radius 2 is 1.59 bits per heavy atom. The minimum absolute atomic E-state index is 0.151. The van der Waals surface area contributed by atoms with Gasteiger partial charge in [0.05, 0.1) is 5.56 Å². The summed E-state index contributed by atoms with van der Waals surface area (Å²) in [5, 5.41) is 2.71. The number of nitrogens with one attached hydrogen (secondary N) is 1. The molecule has 2 aromatic rings. The molecule has 27 heavy (non-hydrogen) atoms. The van der Waals surface area contributed by atoms with E-state index in [9.17, 15) is 14.4 Å². The highest BCUT2D eigenvalue weighted by Crippen LogP contribution is 2.16. The molecule has 0 saturated heterocycles. The minimum atomic E-state index is -0.690. The van der Waals surface area contributed by atoms with E-state index in [4.69, 9.17) is 4.74 Å². The van der Waals surface area contributed by atoms with Crippen LogP contribution in [0.25, 0.3) is 0 Å². The standard InChI is InChI=1S/C22H25NO4/c1-15(2)12-13-23-20(24)14-27-22(26)19-7-5-4-6-18(19)21(25)17-10-8-16(3)9-11-17/h4-11,15H,12-14H2,1-3H3,(H,23,24). The Labute approximate surface area is 159 Å². The lowest BCUT2D eigenvalue weighted by Crippen LogP contribution is -2.30. The van der Waals surface area contributed by atoms with Crippen molar-refractivity contribution in [3.63, 3.8) is 0 Å². The van der Waals surface area contributed by atoms with Gasteiger partial charge in [0.2, 0.25) is 0 Å². The molecule has 142 valence electrons. The summed E-state index contributed by atoms with van der Waals surface area (Å²) in [6.45, 7) is 6.23. The number of esters is 1. The Morgan fingerprint density at radius 1 is 0.963 bits per heavy atom. The zero-order valence-corrected chi connectivity index (χ0v) is 16.0. The van der Waals surface area contributed by atoms with Gasteiger partial charge in [-0.1, -0.05) is 61.9 Å². The average Bonchev–Trinajstić information content (AvgIpc) is 2.66. The molecule has 0 aliphatic heterocycles. The van der Waals surface area contributed by atoms with Crippen molar-refractivity contribution in [2.24, 2.45) is 5.92 Å². The van der Waals surface area contributed by atoms with Gasteiger partial charge < -0.3 is 10.1 Å². The number of amides is 1. The third kappa shape index (κ3) is 6.06. The van der Waals surface area contributed by atoms with Gasteiger partial charge in [-0.15, -0.1) is 0 Å². The molecule has 0 aliphatic rings. The largest absolute Gasteiger partial charge is 0.452 e. The predicted molar refractivity (Wildman–Crippen MR) is 104 cm³/mol. The fraction of sp³-hybridized carbons (Fsp3) is 0.318. The van der Waals surface area contributed by atoms with Crippen molar-refractivity contribution in [2.75, 3.05) is 13.2 Å². The van der Waals surface area contributed by atoms with E-state index in [1.807, 2.05) is 19.1 Å². The summed E-state index contributed by atoms with van der Waals surface area (Å²) < 4.78 is 5.09. The first-order valence-electron chi connectivity index (χ1n) is 9.02. The van der Waals surface area contributed by atoms with Crippen LogP contribution in [0.1, 0.15) is 52.1 Å². The molecule has 2 rings (SSSR count). The summed E-state index contributed by atoms with van der Waals surface area (Å²) in [7, 11) is 0. The summed E-state index contributed by atoms with van der Waals surface area (Å²) in [6.07, 6.45) is 0.855. The number of hydrogen-bond acceptors (Lipinski definition) is 4. The SMILES string of the molecule is Cc1ccc(C(=O)c2ccccc2C(=O)OCC(=O)NCCC(C)C)cc1. The number of carbonyl (C=O) groups excluding carboxylic acids is 3. The molecule has 0 fully saturated rings. The topological polar surface area (TPSA) is 72.5 Å². The quantitative estimate of drug-likeness (QED) is 0.572. The van der Waals surface area contributed by atoms with Crippen LogP contribution in [-0.2, 0) is 9.53 Å². The fourth-order valence-corrected chi connectivity index (χ4v) is 2.48. The molecule has 0 radical (unpaired) electrons. The van der Waals surface area contributed by atoms with Crippen molar-refractivity contribution in [3.8, 4) is 0 Å². The molecule has 1 amide bonds. The molecule has 5 nitrogen and oxygen atoms in total. The zero-order valence-electron chi connectivity index (χ0n) is 16.0. The third-order valence-corrected chi connectivity index (χ3v) is 4.08. The molecule has 5 heteroatoms. The molecule has 0 saturated carbocycles. The van der Waals surface area contributed by atoms with Crippen LogP contribution < -0.4 is 5.32 Å². The Bertz CT molecular complexity index is 809. The van der Waals surface area contributed by atoms with Crippen LogP contribution in [0.2, 0.25) is 0 Å². The highest BCUT2D eigenvalue weighted by atomic mass is 16.5. The van der Waals surface area contributed by atoms with Crippen molar-refractivity contribution in [2.45, 2.75) is 27.2 Å². The van der Waals surface area contributed by atoms with E-state index in [1.54, 1.807) is 30.3 Å². The van der Waals surface area contributed by atoms with Crippen molar-refractivity contribution in [3.05, 3.63) is 70.8 Å². The van der Waals surface area contributed by atoms with Crippen LogP contribution in [-0.4, -0.2) is 30.8 Å². The molecule has 2 aromatic carbocycles. The van der Waals surface area contributed by atoms with Gasteiger partial charge in [0, 0.05) is 17.7 Å². The first-order valence-corrected chi connectivity index (χ1v) is 9.02. The molecule has 0 atom stereocenters. The zero-order chi connectivity index (χ0) is 19.8. The van der Waals surface area contributed by atoms with Crippen LogP contribution in [0.15, 0.2) is 48.5 Å². The molecule has 1 N–H and O–H groups in total. The summed E-state index contributed by atoms with van der Waals surface area (Å²) in [6, 6.07) is 13.6. The molecule has 0 aliphatic carbocycles. The van der Waals surface area contributed by atoms with Crippen molar-refractivity contribution in [1.82, 2.24) is 5.32 Å². The van der Waals surface area contributed by atoms with E-state index in [1.165, 1.54) is 6.07 Å². The fourth-order valence-electron chi connectivity index (χ4n) is 2.48. The molecule has 0 unspecified atom stereocenters. The van der Waals surface area contributed by atoms with Gasteiger partial charge in [0.1, 0.15) is 0 Å². The first kappa shape index (κ1) is 20.4. The lowest BCUT2D eigenvalue weighted by molar-refractivity contribution is -0.124. The Hall–Kier alpha value is -2.95. The maximum absolute atomic E-state index is 12.7. The summed E-state index contributed by atoms with van der Waals surface area (Å²) >= 11 is 0. The molecular weight excluding hydrogens is 342 g/mol. The van der Waals surface area contributed by atoms with Crippen molar-refractivity contribution in [1.29, 1.82) is 0 Å². The Kier molecular flexibility index (Phi) is 7.29. The summed E-state index contributed by atoms with van der Waals surface area (Å²) in [5.74, 6) is -0.826. The van der Waals surface area contributed by atoms with Crippen LogP contribution >= 0.6 is 0 Å². The number of rotatable bonds is 8. The number of ketones is 1. The maximum atomic E-state index is 12.7. The Balaban J connectivity index is 2.04. The second-order valence-corrected chi connectivity index (χ2v) is 6.85. The number of aryl methyl sites for hydroxylation is 1. The van der Waals surface area contributed by atoms with Gasteiger partial charge in [-0.3, -0.25) is 9.59 Å². The second kappa shape index (κ2) is 9.67. The normalized spacial score (nSPS) is 10.5. The van der Waals surface area contributed by atoms with Crippen LogP contribution in [0.3, 0.4) is 0 Å². The van der Waals surface area contributed by atoms with Gasteiger partial charge in [-0.25, -0.2) is 4.79 Å². The average molecular weight is 367 g/mol. The van der Waals surface area contributed by atoms with Crippen molar-refractivity contribution < 1.29 is 19.1 Å². The van der Waals surface area contributed by atoms with Crippen molar-refractivity contribution >= 4 is 17.7 Å². The predicted octanol–water partition coefficient (Wildman–Crippen LogP) is 3.55.